The summed E-state index contributed by atoms with van der Waals surface area (Å²) in [7, 11) is 0. The van der Waals surface area contributed by atoms with Crippen LogP contribution in [-0.4, -0.2) is 4.98 Å². The Kier molecular flexibility index (Phi) is 2.97. The largest absolute Gasteiger partial charge is 0.325 e. The molecule has 0 aliphatic heterocycles. The van der Waals surface area contributed by atoms with Gasteiger partial charge in [-0.05, 0) is 30.7 Å². The number of pyridine rings is 1. The molecule has 3 heteroatoms. The fourth-order valence-corrected chi connectivity index (χ4v) is 1.68. The van der Waals surface area contributed by atoms with Gasteiger partial charge in [0.25, 0.3) is 0 Å². The monoisotopic (exact) mass is 216 g/mol. The number of halogens is 1. The lowest BCUT2D eigenvalue weighted by Crippen LogP contribution is -2.03. The summed E-state index contributed by atoms with van der Waals surface area (Å²) in [4.78, 5) is 4.35. The van der Waals surface area contributed by atoms with Crippen molar-refractivity contribution in [1.29, 1.82) is 0 Å². The van der Waals surface area contributed by atoms with Crippen molar-refractivity contribution in [2.75, 3.05) is 0 Å². The molecule has 82 valence electrons. The zero-order chi connectivity index (χ0) is 11.5. The summed E-state index contributed by atoms with van der Waals surface area (Å²) in [6.07, 6.45) is 0. The molecule has 0 saturated heterocycles. The Bertz CT molecular complexity index is 509. The Labute approximate surface area is 93.9 Å². The van der Waals surface area contributed by atoms with Crippen molar-refractivity contribution in [3.63, 3.8) is 0 Å². The third-order valence-electron chi connectivity index (χ3n) is 2.44. The molecule has 0 saturated carbocycles. The van der Waals surface area contributed by atoms with E-state index in [9.17, 15) is 4.39 Å². The van der Waals surface area contributed by atoms with Crippen LogP contribution < -0.4 is 5.73 Å². The Hall–Kier alpha value is -1.74. The molecular weight excluding hydrogens is 203 g/mol. The Morgan fingerprint density at radius 1 is 1.25 bits per heavy atom. The van der Waals surface area contributed by atoms with Crippen LogP contribution >= 0.6 is 0 Å². The number of rotatable bonds is 2. The van der Waals surface area contributed by atoms with Gasteiger partial charge in [-0.1, -0.05) is 18.2 Å². The lowest BCUT2D eigenvalue weighted by molar-refractivity contribution is 0.628. The van der Waals surface area contributed by atoms with Gasteiger partial charge in [0.15, 0.2) is 0 Å². The minimum Gasteiger partial charge on any atom is -0.325 e. The molecule has 2 nitrogen and oxygen atoms in total. The molecule has 0 radical (unpaired) electrons. The highest BCUT2D eigenvalue weighted by molar-refractivity contribution is 5.66. The summed E-state index contributed by atoms with van der Waals surface area (Å²) in [5.41, 5.74) is 9.06. The fourth-order valence-electron chi connectivity index (χ4n) is 1.68. The van der Waals surface area contributed by atoms with E-state index < -0.39 is 0 Å². The highest BCUT2D eigenvalue weighted by atomic mass is 19.1. The summed E-state index contributed by atoms with van der Waals surface area (Å²) < 4.78 is 13.1. The molecule has 0 bridgehead atoms. The van der Waals surface area contributed by atoms with Gasteiger partial charge < -0.3 is 5.73 Å². The lowest BCUT2D eigenvalue weighted by atomic mass is 10.0. The third-order valence-corrected chi connectivity index (χ3v) is 2.44. The molecule has 1 aromatic heterocycles. The average molecular weight is 216 g/mol. The van der Waals surface area contributed by atoms with Crippen LogP contribution in [0, 0.1) is 12.7 Å². The number of aromatic nitrogens is 1. The van der Waals surface area contributed by atoms with Crippen molar-refractivity contribution in [2.24, 2.45) is 5.73 Å². The maximum atomic E-state index is 13.1. The number of hydrogen-bond donors (Lipinski definition) is 1. The van der Waals surface area contributed by atoms with Gasteiger partial charge in [-0.25, -0.2) is 4.39 Å². The van der Waals surface area contributed by atoms with Gasteiger partial charge in [0.1, 0.15) is 5.82 Å². The normalized spacial score (nSPS) is 10.4. The van der Waals surface area contributed by atoms with Crippen molar-refractivity contribution >= 4 is 0 Å². The van der Waals surface area contributed by atoms with Crippen molar-refractivity contribution in [2.45, 2.75) is 13.5 Å². The molecule has 2 rings (SSSR count). The van der Waals surface area contributed by atoms with Crippen LogP contribution in [0.2, 0.25) is 0 Å². The molecule has 1 heterocycles. The predicted octanol–water partition coefficient (Wildman–Crippen LogP) is 2.65. The summed E-state index contributed by atoms with van der Waals surface area (Å²) in [6.45, 7) is 2.27. The van der Waals surface area contributed by atoms with Gasteiger partial charge in [0, 0.05) is 17.8 Å². The maximum Gasteiger partial charge on any atom is 0.123 e. The van der Waals surface area contributed by atoms with Crippen LogP contribution in [0.1, 0.15) is 11.4 Å². The first-order valence-corrected chi connectivity index (χ1v) is 5.13. The van der Waals surface area contributed by atoms with E-state index in [2.05, 4.69) is 4.98 Å². The number of benzene rings is 1. The Morgan fingerprint density at radius 3 is 2.75 bits per heavy atom. The number of aryl methyl sites for hydroxylation is 1. The highest BCUT2D eigenvalue weighted by Crippen LogP contribution is 2.23. The number of nitrogens with zero attached hydrogens (tertiary/aromatic N) is 1. The minimum atomic E-state index is -0.249. The molecular formula is C13H13FN2. The Balaban J connectivity index is 2.55. The standard InChI is InChI=1S/C13H13FN2/c1-9-5-6-12(13(8-15)16-9)10-3-2-4-11(14)7-10/h2-7H,8,15H2,1H3. The smallest absolute Gasteiger partial charge is 0.123 e. The lowest BCUT2D eigenvalue weighted by Gasteiger charge is -2.08. The van der Waals surface area contributed by atoms with Gasteiger partial charge >= 0.3 is 0 Å². The van der Waals surface area contributed by atoms with E-state index in [-0.39, 0.29) is 5.82 Å². The third kappa shape index (κ3) is 2.09. The molecule has 0 atom stereocenters. The van der Waals surface area contributed by atoms with Crippen molar-refractivity contribution in [1.82, 2.24) is 4.98 Å². The maximum absolute atomic E-state index is 13.1. The second-order valence-corrected chi connectivity index (χ2v) is 3.66. The van der Waals surface area contributed by atoms with Gasteiger partial charge in [-0.3, -0.25) is 4.98 Å². The van der Waals surface area contributed by atoms with Gasteiger partial charge in [0.05, 0.1) is 5.69 Å². The van der Waals surface area contributed by atoms with Crippen molar-refractivity contribution in [3.05, 3.63) is 53.6 Å². The second-order valence-electron chi connectivity index (χ2n) is 3.66. The van der Waals surface area contributed by atoms with Crippen LogP contribution in [-0.2, 0) is 6.54 Å². The number of hydrogen-bond acceptors (Lipinski definition) is 2. The van der Waals surface area contributed by atoms with Gasteiger partial charge in [-0.15, -0.1) is 0 Å². The van der Waals surface area contributed by atoms with E-state index in [1.807, 2.05) is 25.1 Å². The molecule has 0 fully saturated rings. The first kappa shape index (κ1) is 10.8. The zero-order valence-corrected chi connectivity index (χ0v) is 9.07. The summed E-state index contributed by atoms with van der Waals surface area (Å²) in [5, 5.41) is 0. The molecule has 1 aromatic carbocycles. The van der Waals surface area contributed by atoms with E-state index in [1.165, 1.54) is 12.1 Å². The first-order valence-electron chi connectivity index (χ1n) is 5.13. The average Bonchev–Trinajstić information content (AvgIpc) is 2.28. The molecule has 2 aromatic rings. The quantitative estimate of drug-likeness (QED) is 0.838. The fraction of sp³-hybridized carbons (Fsp3) is 0.154. The first-order chi connectivity index (χ1) is 7.70. The zero-order valence-electron chi connectivity index (χ0n) is 9.07. The van der Waals surface area contributed by atoms with E-state index in [0.717, 1.165) is 22.5 Å². The van der Waals surface area contributed by atoms with Crippen LogP contribution in [0.5, 0.6) is 0 Å². The summed E-state index contributed by atoms with van der Waals surface area (Å²) in [6, 6.07) is 10.3. The Morgan fingerprint density at radius 2 is 2.06 bits per heavy atom. The summed E-state index contributed by atoms with van der Waals surface area (Å²) >= 11 is 0. The molecule has 0 aliphatic carbocycles. The minimum absolute atomic E-state index is 0.249. The van der Waals surface area contributed by atoms with Crippen LogP contribution in [0.4, 0.5) is 4.39 Å². The molecule has 16 heavy (non-hydrogen) atoms. The van der Waals surface area contributed by atoms with E-state index in [0.29, 0.717) is 6.54 Å². The molecule has 0 spiro atoms. The summed E-state index contributed by atoms with van der Waals surface area (Å²) in [5.74, 6) is -0.249. The van der Waals surface area contributed by atoms with Crippen LogP contribution in [0.25, 0.3) is 11.1 Å². The predicted molar refractivity (Wildman–Crippen MR) is 62.3 cm³/mol. The van der Waals surface area contributed by atoms with E-state index >= 15 is 0 Å². The molecule has 0 amide bonds. The topological polar surface area (TPSA) is 38.9 Å². The van der Waals surface area contributed by atoms with E-state index in [4.69, 9.17) is 5.73 Å². The van der Waals surface area contributed by atoms with Crippen LogP contribution in [0.3, 0.4) is 0 Å². The SMILES string of the molecule is Cc1ccc(-c2cccc(F)c2)c(CN)n1. The molecule has 0 aliphatic rings. The van der Waals surface area contributed by atoms with Gasteiger partial charge in [0.2, 0.25) is 0 Å². The van der Waals surface area contributed by atoms with Crippen molar-refractivity contribution < 1.29 is 4.39 Å². The van der Waals surface area contributed by atoms with Crippen molar-refractivity contribution in [3.8, 4) is 11.1 Å². The second kappa shape index (κ2) is 4.41. The molecule has 2 N–H and O–H groups in total. The van der Waals surface area contributed by atoms with E-state index in [1.54, 1.807) is 6.07 Å². The number of nitrogens with two attached hydrogens (primary N) is 1. The van der Waals surface area contributed by atoms with Gasteiger partial charge in [-0.2, -0.15) is 0 Å². The molecule has 0 unspecified atom stereocenters. The highest BCUT2D eigenvalue weighted by Gasteiger charge is 2.06. The van der Waals surface area contributed by atoms with Crippen LogP contribution in [0.15, 0.2) is 36.4 Å².